The lowest BCUT2D eigenvalue weighted by Gasteiger charge is -1.92. The van der Waals surface area contributed by atoms with Crippen molar-refractivity contribution in [3.05, 3.63) is 15.3 Å². The molecule has 0 saturated carbocycles. The van der Waals surface area contributed by atoms with Crippen molar-refractivity contribution in [2.45, 2.75) is 13.5 Å². The van der Waals surface area contributed by atoms with Gasteiger partial charge >= 0.3 is 5.82 Å². The summed E-state index contributed by atoms with van der Waals surface area (Å²) in [6.07, 6.45) is 0. The topological polar surface area (TPSA) is 73.8 Å². The molecule has 0 aliphatic carbocycles. The summed E-state index contributed by atoms with van der Waals surface area (Å²) < 4.78 is 1.13. The largest absolute Gasteiger partial charge is 0.384 e. The number of aromatic nitrogens is 3. The first kappa shape index (κ1) is 7.93. The van der Waals surface area contributed by atoms with E-state index in [1.54, 1.807) is 6.92 Å². The second kappa shape index (κ2) is 2.83. The number of aryl methyl sites for hydroxylation is 1. The molecule has 0 N–H and O–H groups in total. The highest BCUT2D eigenvalue weighted by Crippen LogP contribution is 2.19. The summed E-state index contributed by atoms with van der Waals surface area (Å²) in [6.45, 7) is 2.11. The van der Waals surface area contributed by atoms with Gasteiger partial charge in [0.1, 0.15) is 6.54 Å². The van der Waals surface area contributed by atoms with Crippen LogP contribution in [0.1, 0.15) is 6.92 Å². The van der Waals surface area contributed by atoms with Crippen LogP contribution in [-0.2, 0) is 6.54 Å². The second-order valence-electron chi connectivity index (χ2n) is 1.78. The summed E-state index contributed by atoms with van der Waals surface area (Å²) in [7, 11) is 0. The molecule has 1 aromatic heterocycles. The molecule has 0 aliphatic heterocycles. The van der Waals surface area contributed by atoms with Crippen molar-refractivity contribution in [1.82, 2.24) is 15.0 Å². The second-order valence-corrected chi connectivity index (χ2v) is 2.13. The molecule has 1 aromatic rings. The van der Waals surface area contributed by atoms with Crippen molar-refractivity contribution in [2.24, 2.45) is 0 Å². The Balaban J connectivity index is 3.17. The standard InChI is InChI=1S/C4H5ClN4O2/c1-2-8-4(9(10)11)3(5)6-7-8/h2H2,1H3. The van der Waals surface area contributed by atoms with E-state index < -0.39 is 4.92 Å². The fourth-order valence-corrected chi connectivity index (χ4v) is 0.870. The molecule has 0 aliphatic rings. The Morgan fingerprint density at radius 2 is 2.45 bits per heavy atom. The molecular formula is C4H5ClN4O2. The third kappa shape index (κ3) is 1.30. The molecule has 0 aromatic carbocycles. The third-order valence-corrected chi connectivity index (χ3v) is 1.39. The average Bonchev–Trinajstić information content (AvgIpc) is 2.30. The van der Waals surface area contributed by atoms with Crippen LogP contribution in [0, 0.1) is 10.1 Å². The van der Waals surface area contributed by atoms with Crippen molar-refractivity contribution in [3.8, 4) is 0 Å². The molecule has 0 amide bonds. The Labute approximate surface area is 66.9 Å². The lowest BCUT2D eigenvalue weighted by molar-refractivity contribution is -0.392. The summed E-state index contributed by atoms with van der Waals surface area (Å²) in [4.78, 5) is 9.68. The zero-order valence-electron chi connectivity index (χ0n) is 5.69. The van der Waals surface area contributed by atoms with Gasteiger partial charge in [0.05, 0.1) is 0 Å². The molecule has 60 valence electrons. The van der Waals surface area contributed by atoms with Crippen LogP contribution in [-0.4, -0.2) is 19.9 Å². The van der Waals surface area contributed by atoms with E-state index in [0.29, 0.717) is 6.54 Å². The minimum Gasteiger partial charge on any atom is -0.358 e. The predicted octanol–water partition coefficient (Wildman–Crippen LogP) is 0.860. The first-order chi connectivity index (χ1) is 5.16. The van der Waals surface area contributed by atoms with E-state index in [4.69, 9.17) is 11.6 Å². The van der Waals surface area contributed by atoms with Gasteiger partial charge in [-0.1, -0.05) is 16.7 Å². The quantitative estimate of drug-likeness (QED) is 0.495. The van der Waals surface area contributed by atoms with Gasteiger partial charge in [0, 0.05) is 5.21 Å². The molecule has 0 saturated heterocycles. The summed E-state index contributed by atoms with van der Waals surface area (Å²) in [6, 6.07) is 0. The highest BCUT2D eigenvalue weighted by Gasteiger charge is 2.20. The number of hydrogen-bond donors (Lipinski definition) is 0. The smallest absolute Gasteiger partial charge is 0.358 e. The van der Waals surface area contributed by atoms with Crippen molar-refractivity contribution in [3.63, 3.8) is 0 Å². The van der Waals surface area contributed by atoms with Crippen molar-refractivity contribution < 1.29 is 4.92 Å². The van der Waals surface area contributed by atoms with Crippen LogP contribution in [0.2, 0.25) is 5.15 Å². The fraction of sp³-hybridized carbons (Fsp3) is 0.500. The van der Waals surface area contributed by atoms with Crippen LogP contribution < -0.4 is 0 Å². The first-order valence-corrected chi connectivity index (χ1v) is 3.28. The highest BCUT2D eigenvalue weighted by atomic mass is 35.5. The summed E-state index contributed by atoms with van der Waals surface area (Å²) >= 11 is 5.38. The molecular weight excluding hydrogens is 172 g/mol. The van der Waals surface area contributed by atoms with Crippen LogP contribution in [0.4, 0.5) is 5.82 Å². The normalized spacial score (nSPS) is 10.0. The third-order valence-electron chi connectivity index (χ3n) is 1.14. The van der Waals surface area contributed by atoms with E-state index in [0.717, 1.165) is 4.68 Å². The maximum atomic E-state index is 10.3. The van der Waals surface area contributed by atoms with Gasteiger partial charge in [-0.15, -0.1) is 4.68 Å². The summed E-state index contributed by atoms with van der Waals surface area (Å²) in [5, 5.41) is 16.9. The molecule has 0 spiro atoms. The lowest BCUT2D eigenvalue weighted by atomic mass is 10.7. The molecule has 0 unspecified atom stereocenters. The van der Waals surface area contributed by atoms with Crippen molar-refractivity contribution in [1.29, 1.82) is 0 Å². The number of hydrogen-bond acceptors (Lipinski definition) is 4. The van der Waals surface area contributed by atoms with E-state index in [1.165, 1.54) is 0 Å². The van der Waals surface area contributed by atoms with Crippen LogP contribution in [0.15, 0.2) is 0 Å². The monoisotopic (exact) mass is 176 g/mol. The van der Waals surface area contributed by atoms with E-state index in [1.807, 2.05) is 0 Å². The maximum Gasteiger partial charge on any atom is 0.384 e. The van der Waals surface area contributed by atoms with Gasteiger partial charge < -0.3 is 10.1 Å². The minimum atomic E-state index is -0.605. The SMILES string of the molecule is CCn1nnc(Cl)c1[N+](=O)[O-]. The Hall–Kier alpha value is -1.17. The first-order valence-electron chi connectivity index (χ1n) is 2.90. The van der Waals surface area contributed by atoms with Crippen LogP contribution in [0.5, 0.6) is 0 Å². The van der Waals surface area contributed by atoms with E-state index in [2.05, 4.69) is 10.3 Å². The summed E-state index contributed by atoms with van der Waals surface area (Å²) in [5.41, 5.74) is 0. The van der Waals surface area contributed by atoms with Gasteiger partial charge in [0.2, 0.25) is 0 Å². The van der Waals surface area contributed by atoms with Gasteiger partial charge in [0.25, 0.3) is 5.15 Å². The molecule has 6 nitrogen and oxygen atoms in total. The number of rotatable bonds is 2. The Morgan fingerprint density at radius 3 is 2.82 bits per heavy atom. The van der Waals surface area contributed by atoms with Gasteiger partial charge in [-0.05, 0) is 11.8 Å². The van der Waals surface area contributed by atoms with E-state index in [-0.39, 0.29) is 11.0 Å². The van der Waals surface area contributed by atoms with Gasteiger partial charge in [-0.3, -0.25) is 0 Å². The van der Waals surface area contributed by atoms with Gasteiger partial charge in [-0.2, -0.15) is 0 Å². The summed E-state index contributed by atoms with van der Waals surface area (Å²) in [5.74, 6) is -0.255. The van der Waals surface area contributed by atoms with E-state index >= 15 is 0 Å². The predicted molar refractivity (Wildman–Crippen MR) is 37.4 cm³/mol. The van der Waals surface area contributed by atoms with Gasteiger partial charge in [-0.25, -0.2) is 0 Å². The number of nitro groups is 1. The minimum absolute atomic E-state index is 0.170. The van der Waals surface area contributed by atoms with Crippen molar-refractivity contribution >= 4 is 17.4 Å². The molecule has 0 fully saturated rings. The highest BCUT2D eigenvalue weighted by molar-refractivity contribution is 6.31. The van der Waals surface area contributed by atoms with Crippen molar-refractivity contribution in [2.75, 3.05) is 0 Å². The average molecular weight is 177 g/mol. The molecule has 0 radical (unpaired) electrons. The van der Waals surface area contributed by atoms with Crippen LogP contribution >= 0.6 is 11.6 Å². The van der Waals surface area contributed by atoms with E-state index in [9.17, 15) is 10.1 Å². The number of halogens is 1. The molecule has 0 atom stereocenters. The lowest BCUT2D eigenvalue weighted by Crippen LogP contribution is -2.02. The maximum absolute atomic E-state index is 10.3. The van der Waals surface area contributed by atoms with Crippen LogP contribution in [0.3, 0.4) is 0 Å². The zero-order chi connectivity index (χ0) is 8.43. The molecule has 0 bridgehead atoms. The van der Waals surface area contributed by atoms with Crippen LogP contribution in [0.25, 0.3) is 0 Å². The van der Waals surface area contributed by atoms with Gasteiger partial charge in [0.15, 0.2) is 0 Å². The molecule has 7 heteroatoms. The molecule has 11 heavy (non-hydrogen) atoms. The Morgan fingerprint density at radius 1 is 1.82 bits per heavy atom. The Bertz CT molecular complexity index is 284. The fourth-order valence-electron chi connectivity index (χ4n) is 0.669. The molecule has 1 rings (SSSR count). The zero-order valence-corrected chi connectivity index (χ0v) is 6.45. The molecule has 1 heterocycles. The number of nitrogens with zero attached hydrogens (tertiary/aromatic N) is 4. The Kier molecular flexibility index (Phi) is 2.04.